The van der Waals surface area contributed by atoms with Gasteiger partial charge in [-0.15, -0.1) is 0 Å². The number of phenolic OH excluding ortho intramolecular Hbond substituents is 1. The highest BCUT2D eigenvalue weighted by atomic mass is 127. The van der Waals surface area contributed by atoms with E-state index in [0.29, 0.717) is 48.6 Å². The number of thiazole rings is 1. The summed E-state index contributed by atoms with van der Waals surface area (Å²) < 4.78 is 9.52. The molecule has 0 aliphatic carbocycles. The molecule has 1 amide bonds. The van der Waals surface area contributed by atoms with Gasteiger partial charge in [-0.25, -0.2) is 4.99 Å². The lowest BCUT2D eigenvalue weighted by molar-refractivity contribution is -0.127. The van der Waals surface area contributed by atoms with Gasteiger partial charge in [-0.1, -0.05) is 41.7 Å². The zero-order chi connectivity index (χ0) is 28.7. The largest absolute Gasteiger partial charge is 0.506 e. The Labute approximate surface area is 262 Å². The Bertz CT molecular complexity index is 1870. The van der Waals surface area contributed by atoms with E-state index in [2.05, 4.69) is 45.2 Å². The number of nitrogens with zero attached hydrogens (tertiary/aromatic N) is 3. The number of aromatic hydroxyl groups is 1. The summed E-state index contributed by atoms with van der Waals surface area (Å²) >= 11 is 5.52. The normalized spacial score (nSPS) is 15.2. The van der Waals surface area contributed by atoms with E-state index in [1.807, 2.05) is 69.3 Å². The van der Waals surface area contributed by atoms with Crippen LogP contribution in [0.2, 0.25) is 0 Å². The summed E-state index contributed by atoms with van der Waals surface area (Å²) in [6, 6.07) is 14.7. The Morgan fingerprint density at radius 1 is 1.18 bits per heavy atom. The van der Waals surface area contributed by atoms with E-state index < -0.39 is 6.04 Å². The lowest BCUT2D eigenvalue weighted by Gasteiger charge is -2.30. The van der Waals surface area contributed by atoms with E-state index >= 15 is 0 Å². The van der Waals surface area contributed by atoms with Crippen molar-refractivity contribution in [2.75, 3.05) is 20.2 Å². The first-order chi connectivity index (χ1) is 19.2. The van der Waals surface area contributed by atoms with Crippen LogP contribution in [-0.2, 0) is 4.79 Å². The van der Waals surface area contributed by atoms with Gasteiger partial charge in [-0.3, -0.25) is 14.2 Å². The number of ether oxygens (including phenoxy) is 1. The smallest absolute Gasteiger partial charge is 0.271 e. The molecule has 0 saturated heterocycles. The molecular weight excluding hydrogens is 752 g/mol. The molecule has 3 aromatic carbocycles. The number of aromatic nitrogens is 1. The average molecular weight is 779 g/mol. The minimum absolute atomic E-state index is 0.118. The Balaban J connectivity index is 1.87. The summed E-state index contributed by atoms with van der Waals surface area (Å²) in [4.78, 5) is 35.3. The number of likely N-dealkylation sites (N-methyl/N-ethyl adjacent to an activating group) is 1. The number of carbonyl (C=O) groups excluding carboxylic acids is 1. The third kappa shape index (κ3) is 4.98. The number of amides is 1. The maximum Gasteiger partial charge on any atom is 0.271 e. The van der Waals surface area contributed by atoms with Crippen LogP contribution < -0.4 is 19.6 Å². The van der Waals surface area contributed by atoms with Crippen molar-refractivity contribution in [2.24, 2.45) is 4.99 Å². The van der Waals surface area contributed by atoms with Crippen LogP contribution in [0, 0.1) is 7.14 Å². The first-order valence-corrected chi connectivity index (χ1v) is 15.7. The fraction of sp³-hybridized carbons (Fsp3) is 0.233. The molecule has 206 valence electrons. The van der Waals surface area contributed by atoms with Crippen LogP contribution in [0.15, 0.2) is 69.6 Å². The lowest BCUT2D eigenvalue weighted by Crippen LogP contribution is -2.43. The molecule has 1 aromatic heterocycles. The molecule has 1 atom stereocenters. The van der Waals surface area contributed by atoms with Crippen LogP contribution >= 0.6 is 56.5 Å². The molecule has 7 nitrogen and oxygen atoms in total. The topological polar surface area (TPSA) is 84.1 Å². The molecule has 0 spiro atoms. The number of fused-ring (bicyclic) bond motifs is 2. The van der Waals surface area contributed by atoms with Gasteiger partial charge in [0.15, 0.2) is 4.80 Å². The van der Waals surface area contributed by atoms with Crippen LogP contribution in [0.25, 0.3) is 16.8 Å². The molecule has 1 aliphatic heterocycles. The second kappa shape index (κ2) is 11.6. The Hall–Kier alpha value is -2.71. The minimum Gasteiger partial charge on any atom is -0.506 e. The van der Waals surface area contributed by atoms with Gasteiger partial charge < -0.3 is 14.7 Å². The van der Waals surface area contributed by atoms with Crippen LogP contribution in [0.3, 0.4) is 0 Å². The van der Waals surface area contributed by atoms with E-state index in [-0.39, 0.29) is 17.2 Å². The standard InChI is InChI=1S/C30H27I2N3O4S/c1-5-34(6-2)29(38)24-16(3)33-30-35(26(24)25-20-10-8-7-9-17(20)11-12-22(25)39-4)28(37)23(40-30)14-18-13-19(31)15-21(32)27(18)36/h7-15,26,36H,5-6H2,1-4H3/b23-14+/t26-/m0/s1. The van der Waals surface area contributed by atoms with Gasteiger partial charge in [-0.2, -0.15) is 0 Å². The SMILES string of the molecule is CCN(CC)C(=O)C1=C(C)N=c2s/c(=C/c3cc(I)cc(I)c3O)c(=O)n2[C@@H]1c1c(OC)ccc2ccccc12. The molecule has 0 saturated carbocycles. The van der Waals surface area contributed by atoms with Crippen LogP contribution in [-0.4, -0.2) is 40.7 Å². The quantitative estimate of drug-likeness (QED) is 0.274. The molecule has 0 unspecified atom stereocenters. The monoisotopic (exact) mass is 779 g/mol. The molecule has 1 N–H and O–H groups in total. The molecule has 0 fully saturated rings. The first-order valence-electron chi connectivity index (χ1n) is 12.8. The molecule has 0 radical (unpaired) electrons. The number of phenols is 1. The van der Waals surface area contributed by atoms with Gasteiger partial charge in [0.2, 0.25) is 0 Å². The highest BCUT2D eigenvalue weighted by Crippen LogP contribution is 2.40. The number of hydrogen-bond acceptors (Lipinski definition) is 6. The lowest BCUT2D eigenvalue weighted by atomic mass is 9.90. The van der Waals surface area contributed by atoms with E-state index in [1.165, 1.54) is 11.3 Å². The first kappa shape index (κ1) is 28.8. The average Bonchev–Trinajstić information content (AvgIpc) is 3.24. The third-order valence-electron chi connectivity index (χ3n) is 7.07. The Kier molecular flexibility index (Phi) is 8.39. The predicted octanol–water partition coefficient (Wildman–Crippen LogP) is 5.18. The minimum atomic E-state index is -0.753. The molecule has 2 heterocycles. The summed E-state index contributed by atoms with van der Waals surface area (Å²) in [6.45, 7) is 6.76. The molecule has 0 bridgehead atoms. The van der Waals surface area contributed by atoms with Crippen LogP contribution in [0.4, 0.5) is 0 Å². The van der Waals surface area contributed by atoms with Gasteiger partial charge >= 0.3 is 0 Å². The molecule has 10 heteroatoms. The van der Waals surface area contributed by atoms with Crippen molar-refractivity contribution in [1.82, 2.24) is 9.47 Å². The van der Waals surface area contributed by atoms with Crippen LogP contribution in [0.5, 0.6) is 11.5 Å². The number of carbonyl (C=O) groups is 1. The number of methoxy groups -OCH3 is 1. The number of rotatable bonds is 6. The predicted molar refractivity (Wildman–Crippen MR) is 176 cm³/mol. The summed E-state index contributed by atoms with van der Waals surface area (Å²) in [5, 5.41) is 12.6. The highest BCUT2D eigenvalue weighted by molar-refractivity contribution is 14.1. The van der Waals surface area contributed by atoms with Crippen molar-refractivity contribution in [1.29, 1.82) is 0 Å². The number of benzene rings is 3. The molecule has 4 aromatic rings. The fourth-order valence-electron chi connectivity index (χ4n) is 5.12. The van der Waals surface area contributed by atoms with E-state index in [0.717, 1.165) is 19.9 Å². The van der Waals surface area contributed by atoms with Gasteiger partial charge in [0.1, 0.15) is 17.5 Å². The zero-order valence-corrected chi connectivity index (χ0v) is 27.5. The van der Waals surface area contributed by atoms with Gasteiger partial charge in [0, 0.05) is 27.8 Å². The summed E-state index contributed by atoms with van der Waals surface area (Å²) in [5.74, 6) is 0.542. The van der Waals surface area contributed by atoms with Crippen molar-refractivity contribution in [3.05, 3.63) is 97.8 Å². The van der Waals surface area contributed by atoms with E-state index in [4.69, 9.17) is 9.73 Å². The Morgan fingerprint density at radius 2 is 1.90 bits per heavy atom. The molecule has 5 rings (SSSR count). The number of allylic oxidation sites excluding steroid dienone is 1. The number of hydrogen-bond donors (Lipinski definition) is 1. The summed E-state index contributed by atoms with van der Waals surface area (Å²) in [7, 11) is 1.60. The van der Waals surface area contributed by atoms with Crippen molar-refractivity contribution < 1.29 is 14.6 Å². The van der Waals surface area contributed by atoms with Crippen LogP contribution in [0.1, 0.15) is 37.9 Å². The fourth-order valence-corrected chi connectivity index (χ4v) is 8.05. The van der Waals surface area contributed by atoms with Crippen molar-refractivity contribution in [3.63, 3.8) is 0 Å². The second-order valence-corrected chi connectivity index (χ2v) is 12.7. The Morgan fingerprint density at radius 3 is 2.60 bits per heavy atom. The van der Waals surface area contributed by atoms with Crippen molar-refractivity contribution in [3.8, 4) is 11.5 Å². The van der Waals surface area contributed by atoms with Gasteiger partial charge in [0.05, 0.1) is 26.5 Å². The molecule has 40 heavy (non-hydrogen) atoms. The maximum atomic E-state index is 14.2. The van der Waals surface area contributed by atoms with E-state index in [1.54, 1.807) is 22.7 Å². The third-order valence-corrected chi connectivity index (χ3v) is 9.50. The zero-order valence-electron chi connectivity index (χ0n) is 22.4. The van der Waals surface area contributed by atoms with Gasteiger partial charge in [0.25, 0.3) is 11.5 Å². The van der Waals surface area contributed by atoms with E-state index in [9.17, 15) is 14.7 Å². The van der Waals surface area contributed by atoms with Crippen molar-refractivity contribution in [2.45, 2.75) is 26.8 Å². The second-order valence-electron chi connectivity index (χ2n) is 9.29. The maximum absolute atomic E-state index is 14.2. The molecule has 1 aliphatic rings. The highest BCUT2D eigenvalue weighted by Gasteiger charge is 2.36. The summed E-state index contributed by atoms with van der Waals surface area (Å²) in [6.07, 6.45) is 1.70. The number of halogens is 2. The summed E-state index contributed by atoms with van der Waals surface area (Å²) in [5.41, 5.74) is 2.02. The van der Waals surface area contributed by atoms with Crippen molar-refractivity contribution >= 4 is 79.3 Å². The molecular formula is C30H27I2N3O4S. The van der Waals surface area contributed by atoms with Gasteiger partial charge in [-0.05, 0) is 101 Å².